The van der Waals surface area contributed by atoms with Crippen LogP contribution in [0.25, 0.3) is 0 Å². The smallest absolute Gasteiger partial charge is 0.0915 e. The summed E-state index contributed by atoms with van der Waals surface area (Å²) in [6.07, 6.45) is 0.137. The quantitative estimate of drug-likeness (QED) is 0.311. The van der Waals surface area contributed by atoms with Gasteiger partial charge >= 0.3 is 0 Å². The van der Waals surface area contributed by atoms with E-state index in [0.717, 1.165) is 4.43 Å². The lowest BCUT2D eigenvalue weighted by Crippen LogP contribution is -2.13. The number of hydrogen-bond acceptors (Lipinski definition) is 4. The maximum absolute atomic E-state index is 5.83. The van der Waals surface area contributed by atoms with E-state index in [9.17, 15) is 0 Å². The third kappa shape index (κ3) is 8.16. The normalized spacial score (nSPS) is 12.5. The molecule has 0 radical (unpaired) electrons. The molecule has 0 aliphatic rings. The van der Waals surface area contributed by atoms with E-state index >= 15 is 0 Å². The first-order valence-electron chi connectivity index (χ1n) is 6.75. The third-order valence-electron chi connectivity index (χ3n) is 2.66. The molecule has 0 bridgehead atoms. The second-order valence-corrected chi connectivity index (χ2v) is 5.02. The van der Waals surface area contributed by atoms with Gasteiger partial charge in [-0.25, -0.2) is 0 Å². The molecule has 0 amide bonds. The van der Waals surface area contributed by atoms with Gasteiger partial charge in [-0.05, 0) is 5.56 Å². The zero-order chi connectivity index (χ0) is 14.5. The molecule has 0 aromatic heterocycles. The van der Waals surface area contributed by atoms with Crippen LogP contribution in [-0.2, 0) is 18.9 Å². The lowest BCUT2D eigenvalue weighted by molar-refractivity contribution is -0.0109. The van der Waals surface area contributed by atoms with Crippen molar-refractivity contribution in [2.75, 3.05) is 51.2 Å². The van der Waals surface area contributed by atoms with Crippen molar-refractivity contribution in [3.05, 3.63) is 35.9 Å². The molecule has 0 aliphatic carbocycles. The number of halogens is 1. The van der Waals surface area contributed by atoms with Gasteiger partial charge in [0.15, 0.2) is 0 Å². The molecular formula is C15H23IO4. The average Bonchev–Trinajstić information content (AvgIpc) is 2.50. The standard InChI is InChI=1S/C15H23IO4/c1-17-7-8-18-9-10-19-11-12-20-15(13-16)14-5-3-2-4-6-14/h2-6,15H,7-13H2,1H3. The highest BCUT2D eigenvalue weighted by atomic mass is 127. The molecule has 1 aromatic carbocycles. The van der Waals surface area contributed by atoms with Crippen LogP contribution in [0.2, 0.25) is 0 Å². The molecule has 0 N–H and O–H groups in total. The fourth-order valence-electron chi connectivity index (χ4n) is 1.61. The molecule has 0 saturated heterocycles. The highest BCUT2D eigenvalue weighted by molar-refractivity contribution is 14.1. The van der Waals surface area contributed by atoms with Crippen LogP contribution in [0.15, 0.2) is 30.3 Å². The van der Waals surface area contributed by atoms with Crippen LogP contribution in [0.3, 0.4) is 0 Å². The largest absolute Gasteiger partial charge is 0.382 e. The summed E-state index contributed by atoms with van der Waals surface area (Å²) in [6, 6.07) is 10.3. The van der Waals surface area contributed by atoms with Crippen LogP contribution >= 0.6 is 22.6 Å². The summed E-state index contributed by atoms with van der Waals surface area (Å²) in [6.45, 7) is 3.61. The summed E-state index contributed by atoms with van der Waals surface area (Å²) in [4.78, 5) is 0. The van der Waals surface area contributed by atoms with Crippen LogP contribution in [-0.4, -0.2) is 51.2 Å². The van der Waals surface area contributed by atoms with Crippen LogP contribution in [0, 0.1) is 0 Å². The minimum absolute atomic E-state index is 0.137. The molecule has 1 atom stereocenters. The van der Waals surface area contributed by atoms with E-state index in [1.54, 1.807) is 7.11 Å². The number of benzene rings is 1. The number of rotatable bonds is 12. The molecule has 5 heteroatoms. The Bertz CT molecular complexity index is 321. The second-order valence-electron chi connectivity index (χ2n) is 4.14. The van der Waals surface area contributed by atoms with Crippen molar-refractivity contribution >= 4 is 22.6 Å². The van der Waals surface area contributed by atoms with Crippen LogP contribution in [0.1, 0.15) is 11.7 Å². The Labute approximate surface area is 134 Å². The van der Waals surface area contributed by atoms with E-state index in [-0.39, 0.29) is 6.10 Å². The Balaban J connectivity index is 2.02. The van der Waals surface area contributed by atoms with E-state index < -0.39 is 0 Å². The number of methoxy groups -OCH3 is 1. The van der Waals surface area contributed by atoms with Gasteiger partial charge in [0.1, 0.15) is 0 Å². The highest BCUT2D eigenvalue weighted by Crippen LogP contribution is 2.19. The zero-order valence-corrected chi connectivity index (χ0v) is 14.1. The fourth-order valence-corrected chi connectivity index (χ4v) is 2.37. The molecule has 4 nitrogen and oxygen atoms in total. The van der Waals surface area contributed by atoms with Gasteiger partial charge in [0, 0.05) is 11.5 Å². The minimum atomic E-state index is 0.137. The van der Waals surface area contributed by atoms with Crippen molar-refractivity contribution < 1.29 is 18.9 Å². The van der Waals surface area contributed by atoms with Crippen molar-refractivity contribution in [1.82, 2.24) is 0 Å². The lowest BCUT2D eigenvalue weighted by Gasteiger charge is -2.15. The van der Waals surface area contributed by atoms with Gasteiger partial charge in [0.2, 0.25) is 0 Å². The Morgan fingerprint density at radius 2 is 1.50 bits per heavy atom. The third-order valence-corrected chi connectivity index (χ3v) is 3.46. The average molecular weight is 394 g/mol. The molecule has 114 valence electrons. The van der Waals surface area contributed by atoms with Crippen molar-refractivity contribution in [3.8, 4) is 0 Å². The minimum Gasteiger partial charge on any atom is -0.382 e. The first kappa shape index (κ1) is 17.8. The Morgan fingerprint density at radius 3 is 2.10 bits per heavy atom. The first-order chi connectivity index (χ1) is 9.88. The van der Waals surface area contributed by atoms with Gasteiger partial charge in [-0.15, -0.1) is 0 Å². The monoisotopic (exact) mass is 394 g/mol. The molecular weight excluding hydrogens is 371 g/mol. The van der Waals surface area contributed by atoms with Crippen LogP contribution in [0.5, 0.6) is 0 Å². The van der Waals surface area contributed by atoms with E-state index in [4.69, 9.17) is 18.9 Å². The van der Waals surface area contributed by atoms with Gasteiger partial charge in [-0.1, -0.05) is 52.9 Å². The SMILES string of the molecule is COCCOCCOCCOC(CI)c1ccccc1. The maximum atomic E-state index is 5.83. The van der Waals surface area contributed by atoms with Gasteiger partial charge in [0.05, 0.1) is 45.7 Å². The molecule has 0 aliphatic heterocycles. The summed E-state index contributed by atoms with van der Waals surface area (Å²) in [7, 11) is 1.66. The zero-order valence-electron chi connectivity index (χ0n) is 11.9. The number of alkyl halides is 1. The summed E-state index contributed by atoms with van der Waals surface area (Å²) < 4.78 is 22.4. The number of ether oxygens (including phenoxy) is 4. The maximum Gasteiger partial charge on any atom is 0.0915 e. The Morgan fingerprint density at radius 1 is 0.900 bits per heavy atom. The molecule has 1 unspecified atom stereocenters. The summed E-state index contributed by atoms with van der Waals surface area (Å²) >= 11 is 2.34. The highest BCUT2D eigenvalue weighted by Gasteiger charge is 2.09. The van der Waals surface area contributed by atoms with Crippen LogP contribution in [0.4, 0.5) is 0 Å². The molecule has 0 spiro atoms. The van der Waals surface area contributed by atoms with Gasteiger partial charge in [0.25, 0.3) is 0 Å². The second kappa shape index (κ2) is 12.5. The number of hydrogen-bond donors (Lipinski definition) is 0. The molecule has 0 saturated carbocycles. The van der Waals surface area contributed by atoms with Crippen LogP contribution < -0.4 is 0 Å². The van der Waals surface area contributed by atoms with E-state index in [1.807, 2.05) is 18.2 Å². The van der Waals surface area contributed by atoms with Gasteiger partial charge in [-0.2, -0.15) is 0 Å². The molecule has 0 fully saturated rings. The summed E-state index contributed by atoms with van der Waals surface area (Å²) in [5.41, 5.74) is 1.21. The van der Waals surface area contributed by atoms with E-state index in [1.165, 1.54) is 5.56 Å². The van der Waals surface area contributed by atoms with Crippen molar-refractivity contribution in [3.63, 3.8) is 0 Å². The topological polar surface area (TPSA) is 36.9 Å². The molecule has 1 rings (SSSR count). The van der Waals surface area contributed by atoms with Crippen molar-refractivity contribution in [1.29, 1.82) is 0 Å². The molecule has 1 aromatic rings. The molecule has 20 heavy (non-hydrogen) atoms. The predicted molar refractivity (Wildman–Crippen MR) is 87.5 cm³/mol. The van der Waals surface area contributed by atoms with Gasteiger partial charge < -0.3 is 18.9 Å². The fraction of sp³-hybridized carbons (Fsp3) is 0.600. The first-order valence-corrected chi connectivity index (χ1v) is 8.28. The lowest BCUT2D eigenvalue weighted by atomic mass is 10.1. The van der Waals surface area contributed by atoms with Crippen molar-refractivity contribution in [2.24, 2.45) is 0 Å². The van der Waals surface area contributed by atoms with E-state index in [2.05, 4.69) is 34.7 Å². The van der Waals surface area contributed by atoms with Crippen molar-refractivity contribution in [2.45, 2.75) is 6.10 Å². The predicted octanol–water partition coefficient (Wildman–Crippen LogP) is 2.86. The Kier molecular flexibility index (Phi) is 11.2. The summed E-state index contributed by atoms with van der Waals surface area (Å²) in [5.74, 6) is 0. The summed E-state index contributed by atoms with van der Waals surface area (Å²) in [5, 5.41) is 0. The molecule has 0 heterocycles. The van der Waals surface area contributed by atoms with Gasteiger partial charge in [-0.3, -0.25) is 0 Å². The Hall–Kier alpha value is -0.210. The van der Waals surface area contributed by atoms with E-state index in [0.29, 0.717) is 39.6 Å².